The molecule has 64 valence electrons. The molecule has 0 aliphatic heterocycles. The van der Waals surface area contributed by atoms with Crippen LogP contribution in [0, 0.1) is 0 Å². The number of rotatable bonds is 2. The molecule has 0 amide bonds. The summed E-state index contributed by atoms with van der Waals surface area (Å²) in [7, 11) is -0.620. The lowest BCUT2D eigenvalue weighted by atomic mass is 10.4. The van der Waals surface area contributed by atoms with Gasteiger partial charge in [0.2, 0.25) is 0 Å². The summed E-state index contributed by atoms with van der Waals surface area (Å²) in [4.78, 5) is 3.94. The summed E-state index contributed by atoms with van der Waals surface area (Å²) < 4.78 is 11.5. The second-order valence-electron chi connectivity index (χ2n) is 2.75. The zero-order chi connectivity index (χ0) is 9.07. The van der Waals surface area contributed by atoms with E-state index in [0.29, 0.717) is 5.45 Å². The Bertz CT molecular complexity index is 237. The van der Waals surface area contributed by atoms with Gasteiger partial charge >= 0.3 is 0 Å². The topological polar surface area (TPSA) is 55.4 Å². The molecule has 0 aromatic heterocycles. The highest BCUT2D eigenvalue weighted by molar-refractivity contribution is 7.80. The Morgan fingerprint density at radius 3 is 2.09 bits per heavy atom. The predicted octanol–water partition coefficient (Wildman–Crippen LogP) is 1.50. The molecule has 0 spiro atoms. The summed E-state index contributed by atoms with van der Waals surface area (Å²) in [5, 5.41) is 0. The molecule has 0 saturated carbocycles. The molecular formula is C7H15N2OP. The van der Waals surface area contributed by atoms with Gasteiger partial charge in [-0.1, -0.05) is 0 Å². The fraction of sp³-hybridized carbons (Fsp3) is 0.571. The number of nitrogens with two attached hydrogens (primary N) is 1. The molecule has 3 nitrogen and oxygen atoms in total. The number of hydrogen-bond acceptors (Lipinski definition) is 3. The minimum Gasteiger partial charge on any atom is -0.404 e. The highest BCUT2D eigenvalue weighted by Crippen LogP contribution is 2.40. The number of hydrogen-bond donors (Lipinski definition) is 1. The maximum absolute atomic E-state index is 11.5. The molecule has 0 rings (SSSR count). The van der Waals surface area contributed by atoms with E-state index in [2.05, 4.69) is 4.99 Å². The van der Waals surface area contributed by atoms with Crippen molar-refractivity contribution in [1.82, 2.24) is 0 Å². The molecule has 11 heavy (non-hydrogen) atoms. The maximum Gasteiger partial charge on any atom is 0.127 e. The summed E-state index contributed by atoms with van der Waals surface area (Å²) in [5.41, 5.74) is 6.70. The van der Waals surface area contributed by atoms with Crippen LogP contribution in [0.3, 0.4) is 0 Å². The molecular weight excluding hydrogens is 159 g/mol. The van der Waals surface area contributed by atoms with Crippen molar-refractivity contribution >= 4 is 12.6 Å². The fourth-order valence-corrected chi connectivity index (χ4v) is 2.32. The molecule has 0 unspecified atom stereocenters. The van der Waals surface area contributed by atoms with E-state index in [0.717, 1.165) is 5.57 Å². The van der Waals surface area contributed by atoms with Crippen molar-refractivity contribution in [2.45, 2.75) is 6.92 Å². The van der Waals surface area contributed by atoms with Crippen LogP contribution in [0.1, 0.15) is 6.92 Å². The molecule has 0 bridgehead atoms. The highest BCUT2D eigenvalue weighted by Gasteiger charge is 2.16. The molecule has 0 saturated heterocycles. The third-order valence-corrected chi connectivity index (χ3v) is 2.90. The smallest absolute Gasteiger partial charge is 0.127 e. The highest BCUT2D eigenvalue weighted by atomic mass is 31.2. The van der Waals surface area contributed by atoms with Crippen molar-refractivity contribution in [3.8, 4) is 0 Å². The standard InChI is InChI=1S/C7H15N2OP/c1-6(5-8)7(9-2)11(3,4)10/h5H,8H2,1-4H3/b6-5-,9-7?. The molecule has 0 aliphatic carbocycles. The van der Waals surface area contributed by atoms with Crippen LogP contribution >= 0.6 is 7.14 Å². The number of allylic oxidation sites excluding steroid dienone is 1. The van der Waals surface area contributed by atoms with Crippen LogP contribution in [0.25, 0.3) is 0 Å². The predicted molar refractivity (Wildman–Crippen MR) is 50.8 cm³/mol. The van der Waals surface area contributed by atoms with Gasteiger partial charge in [-0.3, -0.25) is 4.99 Å². The summed E-state index contributed by atoms with van der Waals surface area (Å²) in [6.45, 7) is 5.17. The molecule has 2 N–H and O–H groups in total. The van der Waals surface area contributed by atoms with Crippen molar-refractivity contribution in [1.29, 1.82) is 0 Å². The molecule has 0 aliphatic rings. The first-order valence-corrected chi connectivity index (χ1v) is 5.94. The molecule has 0 aromatic rings. The first-order valence-electron chi connectivity index (χ1n) is 3.34. The quantitative estimate of drug-likeness (QED) is 0.509. The zero-order valence-electron chi connectivity index (χ0n) is 7.46. The van der Waals surface area contributed by atoms with Gasteiger partial charge in [0.15, 0.2) is 0 Å². The summed E-state index contributed by atoms with van der Waals surface area (Å²) >= 11 is 0. The average molecular weight is 174 g/mol. The van der Waals surface area contributed by atoms with Gasteiger partial charge in [0.05, 0.1) is 5.45 Å². The van der Waals surface area contributed by atoms with E-state index in [1.54, 1.807) is 20.4 Å². The van der Waals surface area contributed by atoms with Crippen LogP contribution in [-0.4, -0.2) is 25.8 Å². The van der Waals surface area contributed by atoms with E-state index in [9.17, 15) is 4.57 Å². The Labute approximate surface area is 67.8 Å². The second-order valence-corrected chi connectivity index (χ2v) is 5.87. The van der Waals surface area contributed by atoms with Crippen LogP contribution in [0.5, 0.6) is 0 Å². The van der Waals surface area contributed by atoms with Crippen LogP contribution < -0.4 is 5.73 Å². The van der Waals surface area contributed by atoms with Crippen LogP contribution in [0.2, 0.25) is 0 Å². The van der Waals surface area contributed by atoms with Crippen molar-refractivity contribution < 1.29 is 4.57 Å². The van der Waals surface area contributed by atoms with Gasteiger partial charge in [-0.25, -0.2) is 0 Å². The summed E-state index contributed by atoms with van der Waals surface area (Å²) in [6, 6.07) is 0. The van der Waals surface area contributed by atoms with Gasteiger partial charge in [-0.2, -0.15) is 0 Å². The summed E-state index contributed by atoms with van der Waals surface area (Å²) in [6.07, 6.45) is 1.43. The number of aliphatic imine (C=N–C) groups is 1. The van der Waals surface area contributed by atoms with E-state index < -0.39 is 7.14 Å². The monoisotopic (exact) mass is 174 g/mol. The second kappa shape index (κ2) is 3.72. The molecule has 0 atom stereocenters. The van der Waals surface area contributed by atoms with E-state index in [4.69, 9.17) is 5.73 Å². The Balaban J connectivity index is 4.89. The Kier molecular flexibility index (Phi) is 3.53. The first kappa shape index (κ1) is 10.4. The SMILES string of the molecule is CN=C(/C(C)=C\N)P(C)(C)=O. The van der Waals surface area contributed by atoms with Crippen molar-refractivity contribution in [2.24, 2.45) is 10.7 Å². The minimum atomic E-state index is -2.25. The van der Waals surface area contributed by atoms with Gasteiger partial charge < -0.3 is 10.3 Å². The van der Waals surface area contributed by atoms with Gasteiger partial charge in [0.1, 0.15) is 7.14 Å². The van der Waals surface area contributed by atoms with Crippen molar-refractivity contribution in [3.05, 3.63) is 11.8 Å². The summed E-state index contributed by atoms with van der Waals surface area (Å²) in [5.74, 6) is 0. The van der Waals surface area contributed by atoms with Crippen molar-refractivity contribution in [3.63, 3.8) is 0 Å². The van der Waals surface area contributed by atoms with Crippen LogP contribution in [0.15, 0.2) is 16.8 Å². The largest absolute Gasteiger partial charge is 0.404 e. The van der Waals surface area contributed by atoms with Crippen LogP contribution in [-0.2, 0) is 4.57 Å². The Morgan fingerprint density at radius 2 is 2.00 bits per heavy atom. The zero-order valence-corrected chi connectivity index (χ0v) is 8.35. The van der Waals surface area contributed by atoms with E-state index in [1.807, 2.05) is 6.92 Å². The molecule has 0 aromatic carbocycles. The normalized spacial score (nSPS) is 15.3. The molecule has 0 fully saturated rings. The minimum absolute atomic E-state index is 0.625. The lowest BCUT2D eigenvalue weighted by Gasteiger charge is -2.09. The average Bonchev–Trinajstić information content (AvgIpc) is 1.86. The Morgan fingerprint density at radius 1 is 1.55 bits per heavy atom. The first-order chi connectivity index (χ1) is 4.93. The fourth-order valence-electron chi connectivity index (χ4n) is 0.916. The lowest BCUT2D eigenvalue weighted by Crippen LogP contribution is -2.02. The lowest BCUT2D eigenvalue weighted by molar-refractivity contribution is 0.589. The Hall–Kier alpha value is -0.560. The molecule has 4 heteroatoms. The van der Waals surface area contributed by atoms with Crippen molar-refractivity contribution in [2.75, 3.05) is 20.4 Å². The molecule has 0 heterocycles. The maximum atomic E-state index is 11.5. The van der Waals surface area contributed by atoms with Gasteiger partial charge in [-0.05, 0) is 32.0 Å². The number of nitrogens with zero attached hydrogens (tertiary/aromatic N) is 1. The third kappa shape index (κ3) is 2.89. The van der Waals surface area contributed by atoms with E-state index in [-0.39, 0.29) is 0 Å². The third-order valence-electron chi connectivity index (χ3n) is 1.32. The van der Waals surface area contributed by atoms with Gasteiger partial charge in [0.25, 0.3) is 0 Å². The van der Waals surface area contributed by atoms with Gasteiger partial charge in [-0.15, -0.1) is 0 Å². The van der Waals surface area contributed by atoms with Crippen LogP contribution in [0.4, 0.5) is 0 Å². The van der Waals surface area contributed by atoms with Gasteiger partial charge in [0, 0.05) is 7.05 Å². The van der Waals surface area contributed by atoms with E-state index in [1.165, 1.54) is 6.20 Å². The van der Waals surface area contributed by atoms with E-state index >= 15 is 0 Å². The molecule has 0 radical (unpaired) electrons.